The maximum Gasteiger partial charge on any atom is 0.246 e. The van der Waals surface area contributed by atoms with Crippen molar-refractivity contribution in [2.45, 2.75) is 32.4 Å². The molecule has 0 unspecified atom stereocenters. The van der Waals surface area contributed by atoms with Gasteiger partial charge in [0.15, 0.2) is 0 Å². The lowest BCUT2D eigenvalue weighted by Gasteiger charge is -2.39. The summed E-state index contributed by atoms with van der Waals surface area (Å²) in [5.41, 5.74) is 0.766. The molecule has 3 rings (SSSR count). The molecule has 8 heteroatoms. The first kappa shape index (κ1) is 17.4. The minimum absolute atomic E-state index is 0.00768. The van der Waals surface area contributed by atoms with Gasteiger partial charge in [-0.1, -0.05) is 17.7 Å². The Morgan fingerprint density at radius 2 is 2.24 bits per heavy atom. The lowest BCUT2D eigenvalue weighted by molar-refractivity contribution is -0.139. The average molecular weight is 362 g/mol. The molecule has 0 spiro atoms. The van der Waals surface area contributed by atoms with Crippen LogP contribution in [0, 0.1) is 0 Å². The topological polar surface area (TPSA) is 71.3 Å². The van der Waals surface area contributed by atoms with Crippen LogP contribution in [-0.4, -0.2) is 50.6 Å². The first-order chi connectivity index (χ1) is 12.0. The summed E-state index contributed by atoms with van der Waals surface area (Å²) >= 11 is 6.01. The molecule has 25 heavy (non-hydrogen) atoms. The molecular formula is C17H20ClN5O2. The van der Waals surface area contributed by atoms with Crippen LogP contribution in [0.25, 0.3) is 0 Å². The van der Waals surface area contributed by atoms with E-state index in [0.29, 0.717) is 31.0 Å². The maximum absolute atomic E-state index is 12.5. The Kier molecular flexibility index (Phi) is 5.33. The molecule has 0 N–H and O–H groups in total. The van der Waals surface area contributed by atoms with Gasteiger partial charge in [0, 0.05) is 36.3 Å². The number of anilines is 1. The van der Waals surface area contributed by atoms with Gasteiger partial charge in [-0.25, -0.2) is 4.98 Å². The second-order valence-corrected chi connectivity index (χ2v) is 6.55. The molecule has 1 saturated heterocycles. The number of hydrogen-bond acceptors (Lipinski definition) is 4. The molecule has 0 radical (unpaired) electrons. The number of amides is 2. The molecule has 1 aromatic heterocycles. The third kappa shape index (κ3) is 4.17. The van der Waals surface area contributed by atoms with Crippen molar-refractivity contribution in [2.24, 2.45) is 0 Å². The van der Waals surface area contributed by atoms with Gasteiger partial charge in [0.25, 0.3) is 0 Å². The van der Waals surface area contributed by atoms with E-state index in [-0.39, 0.29) is 24.4 Å². The number of nitrogens with zero attached hydrogens (tertiary/aromatic N) is 5. The second-order valence-electron chi connectivity index (χ2n) is 6.12. The first-order valence-corrected chi connectivity index (χ1v) is 8.60. The molecule has 7 nitrogen and oxygen atoms in total. The Labute approximate surface area is 151 Å². The molecule has 2 amide bonds. The number of halogens is 1. The monoisotopic (exact) mass is 361 g/mol. The van der Waals surface area contributed by atoms with Gasteiger partial charge < -0.3 is 9.80 Å². The van der Waals surface area contributed by atoms with E-state index in [9.17, 15) is 9.59 Å². The highest BCUT2D eigenvalue weighted by Gasteiger charge is 2.32. The fraction of sp³-hybridized carbons (Fsp3) is 0.412. The number of rotatable bonds is 5. The molecule has 1 aliphatic rings. The zero-order chi connectivity index (χ0) is 17.8. The minimum atomic E-state index is -0.0926. The van der Waals surface area contributed by atoms with Gasteiger partial charge in [-0.05, 0) is 31.5 Å². The van der Waals surface area contributed by atoms with E-state index in [2.05, 4.69) is 10.1 Å². The van der Waals surface area contributed by atoms with Crippen molar-refractivity contribution in [1.29, 1.82) is 0 Å². The van der Waals surface area contributed by atoms with Crippen LogP contribution < -0.4 is 4.90 Å². The minimum Gasteiger partial charge on any atom is -0.329 e. The van der Waals surface area contributed by atoms with Gasteiger partial charge >= 0.3 is 0 Å². The summed E-state index contributed by atoms with van der Waals surface area (Å²) in [7, 11) is 0. The number of carbonyl (C=O) groups is 2. The van der Waals surface area contributed by atoms with Crippen LogP contribution in [0.5, 0.6) is 0 Å². The number of piperazine rings is 1. The van der Waals surface area contributed by atoms with Gasteiger partial charge in [0.2, 0.25) is 11.8 Å². The zero-order valence-corrected chi connectivity index (χ0v) is 14.8. The summed E-state index contributed by atoms with van der Waals surface area (Å²) in [4.78, 5) is 32.2. The highest BCUT2D eigenvalue weighted by molar-refractivity contribution is 6.30. The van der Waals surface area contributed by atoms with Crippen LogP contribution in [0.2, 0.25) is 5.02 Å². The third-order valence-corrected chi connectivity index (χ3v) is 4.51. The van der Waals surface area contributed by atoms with E-state index in [0.717, 1.165) is 5.69 Å². The number of hydrogen-bond donors (Lipinski definition) is 0. The molecule has 2 aromatic rings. The molecule has 1 atom stereocenters. The summed E-state index contributed by atoms with van der Waals surface area (Å²) in [6.45, 7) is 3.15. The lowest BCUT2D eigenvalue weighted by atomic mass is 10.1. The Hall–Kier alpha value is -2.41. The average Bonchev–Trinajstić information content (AvgIpc) is 3.10. The summed E-state index contributed by atoms with van der Waals surface area (Å²) < 4.78 is 1.69. The van der Waals surface area contributed by atoms with Crippen LogP contribution in [0.15, 0.2) is 36.9 Å². The SMILES string of the molecule is C[C@@H]1CN(c2cccc(Cl)c2)C(=O)CN1C(=O)CCCn1cncn1. The largest absolute Gasteiger partial charge is 0.329 e. The van der Waals surface area contributed by atoms with Crippen molar-refractivity contribution in [3.8, 4) is 0 Å². The Morgan fingerprint density at radius 1 is 1.40 bits per heavy atom. The van der Waals surface area contributed by atoms with Crippen LogP contribution in [0.1, 0.15) is 19.8 Å². The van der Waals surface area contributed by atoms with Crippen LogP contribution in [0.4, 0.5) is 5.69 Å². The third-order valence-electron chi connectivity index (χ3n) is 4.27. The van der Waals surface area contributed by atoms with Crippen molar-refractivity contribution in [2.75, 3.05) is 18.0 Å². The van der Waals surface area contributed by atoms with Crippen LogP contribution in [-0.2, 0) is 16.1 Å². The quantitative estimate of drug-likeness (QED) is 0.816. The van der Waals surface area contributed by atoms with E-state index in [1.807, 2.05) is 19.1 Å². The van der Waals surface area contributed by atoms with E-state index in [1.165, 1.54) is 6.33 Å². The van der Waals surface area contributed by atoms with Gasteiger partial charge in [-0.3, -0.25) is 14.3 Å². The summed E-state index contributed by atoms with van der Waals surface area (Å²) in [6, 6.07) is 7.16. The Balaban J connectivity index is 1.57. The molecule has 0 bridgehead atoms. The van der Waals surface area contributed by atoms with Gasteiger partial charge in [-0.15, -0.1) is 0 Å². The molecule has 1 aromatic carbocycles. The predicted molar refractivity (Wildman–Crippen MR) is 94.2 cm³/mol. The Bertz CT molecular complexity index is 749. The normalized spacial score (nSPS) is 17.8. The molecule has 0 aliphatic carbocycles. The number of aryl methyl sites for hydroxylation is 1. The lowest BCUT2D eigenvalue weighted by Crippen LogP contribution is -2.57. The number of aromatic nitrogens is 3. The van der Waals surface area contributed by atoms with Gasteiger partial charge in [0.1, 0.15) is 19.2 Å². The summed E-state index contributed by atoms with van der Waals surface area (Å²) in [6.07, 6.45) is 4.14. The van der Waals surface area contributed by atoms with Crippen molar-refractivity contribution in [3.05, 3.63) is 41.9 Å². The van der Waals surface area contributed by atoms with Crippen molar-refractivity contribution in [3.63, 3.8) is 0 Å². The maximum atomic E-state index is 12.5. The molecule has 1 aliphatic heterocycles. The second kappa shape index (κ2) is 7.65. The van der Waals surface area contributed by atoms with Crippen LogP contribution >= 0.6 is 11.6 Å². The van der Waals surface area contributed by atoms with E-state index >= 15 is 0 Å². The summed E-state index contributed by atoms with van der Waals surface area (Å²) in [5.74, 6) is -0.100. The van der Waals surface area contributed by atoms with Gasteiger partial charge in [-0.2, -0.15) is 5.10 Å². The highest BCUT2D eigenvalue weighted by Crippen LogP contribution is 2.23. The van der Waals surface area contributed by atoms with Crippen molar-refractivity contribution < 1.29 is 9.59 Å². The fourth-order valence-electron chi connectivity index (χ4n) is 2.96. The zero-order valence-electron chi connectivity index (χ0n) is 14.0. The van der Waals surface area contributed by atoms with Gasteiger partial charge in [0.05, 0.1) is 0 Å². The number of benzene rings is 1. The van der Waals surface area contributed by atoms with Crippen LogP contribution in [0.3, 0.4) is 0 Å². The molecule has 1 fully saturated rings. The highest BCUT2D eigenvalue weighted by atomic mass is 35.5. The Morgan fingerprint density at radius 3 is 2.96 bits per heavy atom. The fourth-order valence-corrected chi connectivity index (χ4v) is 3.15. The van der Waals surface area contributed by atoms with E-state index in [1.54, 1.807) is 32.9 Å². The predicted octanol–water partition coefficient (Wildman–Crippen LogP) is 1.98. The standard InChI is InChI=1S/C17H20ClN5O2/c1-13-9-23(15-5-2-4-14(18)8-15)17(25)10-22(13)16(24)6-3-7-21-12-19-11-20-21/h2,4-5,8,11-13H,3,6-7,9-10H2,1H3/t13-/m1/s1. The summed E-state index contributed by atoms with van der Waals surface area (Å²) in [5, 5.41) is 4.60. The molecular weight excluding hydrogens is 342 g/mol. The van der Waals surface area contributed by atoms with Crippen molar-refractivity contribution in [1.82, 2.24) is 19.7 Å². The van der Waals surface area contributed by atoms with E-state index in [4.69, 9.17) is 11.6 Å². The molecule has 0 saturated carbocycles. The molecule has 132 valence electrons. The smallest absolute Gasteiger partial charge is 0.246 e. The molecule has 2 heterocycles. The number of carbonyl (C=O) groups excluding carboxylic acids is 2. The first-order valence-electron chi connectivity index (χ1n) is 8.22. The van der Waals surface area contributed by atoms with E-state index < -0.39 is 0 Å². The van der Waals surface area contributed by atoms with Crippen molar-refractivity contribution >= 4 is 29.1 Å².